The minimum absolute atomic E-state index is 0.0879. The fourth-order valence-corrected chi connectivity index (χ4v) is 2.59. The van der Waals surface area contributed by atoms with Gasteiger partial charge in [-0.1, -0.05) is 18.2 Å². The molecule has 108 valence electrons. The van der Waals surface area contributed by atoms with Gasteiger partial charge in [-0.2, -0.15) is 0 Å². The third-order valence-corrected chi connectivity index (χ3v) is 3.70. The Kier molecular flexibility index (Phi) is 3.86. The first-order valence-corrected chi connectivity index (χ1v) is 7.22. The summed E-state index contributed by atoms with van der Waals surface area (Å²) in [6, 6.07) is 14.6. The molecule has 2 aromatic rings. The van der Waals surface area contributed by atoms with Gasteiger partial charge in [-0.25, -0.2) is 0 Å². The van der Waals surface area contributed by atoms with Crippen molar-refractivity contribution in [3.8, 4) is 0 Å². The van der Waals surface area contributed by atoms with Gasteiger partial charge in [0, 0.05) is 32.5 Å². The van der Waals surface area contributed by atoms with Crippen molar-refractivity contribution in [1.29, 1.82) is 0 Å². The molecule has 0 fully saturated rings. The normalized spacial score (nSPS) is 15.2. The molecule has 0 radical (unpaired) electrons. The van der Waals surface area contributed by atoms with Crippen LogP contribution in [0.5, 0.6) is 0 Å². The number of hydrogen-bond acceptors (Lipinski definition) is 4. The van der Waals surface area contributed by atoms with E-state index in [9.17, 15) is 0 Å². The summed E-state index contributed by atoms with van der Waals surface area (Å²) in [5, 5.41) is 3.39. The standard InChI is InChI=1S/C17H20N4/c1-21(2)14-8-6-13(7-9-14)16(17-19-11-12-20-17)15-5-3-4-10-18-15/h3-10,16H,11-12H2,1-2H3,(H,19,20). The topological polar surface area (TPSA) is 40.5 Å². The van der Waals surface area contributed by atoms with E-state index in [0.717, 1.165) is 24.6 Å². The maximum Gasteiger partial charge on any atom is 0.110 e. The van der Waals surface area contributed by atoms with Crippen molar-refractivity contribution >= 4 is 11.5 Å². The van der Waals surface area contributed by atoms with Gasteiger partial charge in [-0.05, 0) is 29.8 Å². The van der Waals surface area contributed by atoms with Crippen LogP contribution >= 0.6 is 0 Å². The summed E-state index contributed by atoms with van der Waals surface area (Å²) >= 11 is 0. The molecular weight excluding hydrogens is 260 g/mol. The van der Waals surface area contributed by atoms with E-state index in [-0.39, 0.29) is 5.92 Å². The van der Waals surface area contributed by atoms with Crippen molar-refractivity contribution in [1.82, 2.24) is 10.3 Å². The highest BCUT2D eigenvalue weighted by atomic mass is 15.1. The number of nitrogens with one attached hydrogen (secondary N) is 1. The summed E-state index contributed by atoms with van der Waals surface area (Å²) in [7, 11) is 4.10. The van der Waals surface area contributed by atoms with E-state index in [4.69, 9.17) is 0 Å². The number of rotatable bonds is 4. The van der Waals surface area contributed by atoms with Crippen molar-refractivity contribution in [2.45, 2.75) is 5.92 Å². The summed E-state index contributed by atoms with van der Waals surface area (Å²) in [4.78, 5) is 11.2. The van der Waals surface area contributed by atoms with E-state index in [1.807, 2.05) is 32.4 Å². The van der Waals surface area contributed by atoms with Crippen LogP contribution in [0.15, 0.2) is 53.7 Å². The Morgan fingerprint density at radius 1 is 1.10 bits per heavy atom. The maximum absolute atomic E-state index is 4.60. The molecule has 0 aliphatic carbocycles. The predicted molar refractivity (Wildman–Crippen MR) is 87.2 cm³/mol. The van der Waals surface area contributed by atoms with E-state index < -0.39 is 0 Å². The number of amidine groups is 1. The molecule has 0 bridgehead atoms. The van der Waals surface area contributed by atoms with E-state index in [1.165, 1.54) is 11.3 Å². The molecule has 1 aromatic carbocycles. The molecule has 4 heteroatoms. The van der Waals surface area contributed by atoms with Gasteiger partial charge in [0.2, 0.25) is 0 Å². The number of benzene rings is 1. The monoisotopic (exact) mass is 280 g/mol. The molecule has 4 nitrogen and oxygen atoms in total. The van der Waals surface area contributed by atoms with Crippen LogP contribution in [0.4, 0.5) is 5.69 Å². The maximum atomic E-state index is 4.60. The molecule has 0 amide bonds. The van der Waals surface area contributed by atoms with Crippen LogP contribution in [0.25, 0.3) is 0 Å². The summed E-state index contributed by atoms with van der Waals surface area (Å²) in [6.45, 7) is 1.75. The van der Waals surface area contributed by atoms with Crippen LogP contribution in [0, 0.1) is 0 Å². The molecule has 21 heavy (non-hydrogen) atoms. The van der Waals surface area contributed by atoms with Crippen molar-refractivity contribution in [3.05, 3.63) is 59.9 Å². The average Bonchev–Trinajstić information content (AvgIpc) is 3.03. The zero-order valence-corrected chi connectivity index (χ0v) is 12.5. The highest BCUT2D eigenvalue weighted by Gasteiger charge is 2.23. The summed E-state index contributed by atoms with van der Waals surface area (Å²) in [5.41, 5.74) is 3.44. The third-order valence-electron chi connectivity index (χ3n) is 3.70. The first kappa shape index (κ1) is 13.6. The highest BCUT2D eigenvalue weighted by molar-refractivity contribution is 5.92. The first-order valence-electron chi connectivity index (χ1n) is 7.22. The molecule has 3 rings (SSSR count). The van der Waals surface area contributed by atoms with E-state index in [0.29, 0.717) is 0 Å². The minimum atomic E-state index is 0.0879. The number of pyridine rings is 1. The second-order valence-electron chi connectivity index (χ2n) is 5.37. The lowest BCUT2D eigenvalue weighted by Gasteiger charge is -2.19. The molecule has 1 unspecified atom stereocenters. The smallest absolute Gasteiger partial charge is 0.110 e. The average molecular weight is 280 g/mol. The van der Waals surface area contributed by atoms with Gasteiger partial charge in [0.25, 0.3) is 0 Å². The molecule has 1 N–H and O–H groups in total. The lowest BCUT2D eigenvalue weighted by Crippen LogP contribution is -2.27. The second kappa shape index (κ2) is 5.95. The lowest BCUT2D eigenvalue weighted by molar-refractivity contribution is 0.917. The Hall–Kier alpha value is -2.36. The number of nitrogens with zero attached hydrogens (tertiary/aromatic N) is 3. The number of aliphatic imine (C=N–C) groups is 1. The molecule has 0 spiro atoms. The van der Waals surface area contributed by atoms with Crippen LogP contribution in [0.3, 0.4) is 0 Å². The quantitative estimate of drug-likeness (QED) is 0.934. The molecule has 0 saturated heterocycles. The minimum Gasteiger partial charge on any atom is -0.378 e. The van der Waals surface area contributed by atoms with Gasteiger partial charge >= 0.3 is 0 Å². The van der Waals surface area contributed by atoms with Gasteiger partial charge in [-0.3, -0.25) is 9.98 Å². The first-order chi connectivity index (χ1) is 10.3. The summed E-state index contributed by atoms with van der Waals surface area (Å²) in [6.07, 6.45) is 1.84. The fraction of sp³-hybridized carbons (Fsp3) is 0.294. The Morgan fingerprint density at radius 2 is 1.90 bits per heavy atom. The third kappa shape index (κ3) is 2.89. The fourth-order valence-electron chi connectivity index (χ4n) is 2.59. The van der Waals surface area contributed by atoms with Crippen molar-refractivity contribution in [3.63, 3.8) is 0 Å². The molecule has 1 aromatic heterocycles. The lowest BCUT2D eigenvalue weighted by atomic mass is 9.93. The zero-order valence-electron chi connectivity index (χ0n) is 12.5. The van der Waals surface area contributed by atoms with Crippen LogP contribution in [0.1, 0.15) is 17.2 Å². The van der Waals surface area contributed by atoms with Crippen LogP contribution in [0.2, 0.25) is 0 Å². The number of hydrogen-bond donors (Lipinski definition) is 1. The van der Waals surface area contributed by atoms with Gasteiger partial charge in [0.15, 0.2) is 0 Å². The molecule has 2 heterocycles. The largest absolute Gasteiger partial charge is 0.378 e. The molecule has 1 aliphatic rings. The van der Waals surface area contributed by atoms with E-state index in [2.05, 4.69) is 50.5 Å². The van der Waals surface area contributed by atoms with Crippen LogP contribution in [-0.4, -0.2) is 38.0 Å². The van der Waals surface area contributed by atoms with E-state index in [1.54, 1.807) is 0 Å². The van der Waals surface area contributed by atoms with E-state index >= 15 is 0 Å². The van der Waals surface area contributed by atoms with Gasteiger partial charge in [0.1, 0.15) is 5.84 Å². The van der Waals surface area contributed by atoms with Crippen molar-refractivity contribution in [2.75, 3.05) is 32.1 Å². The van der Waals surface area contributed by atoms with Crippen molar-refractivity contribution < 1.29 is 0 Å². The van der Waals surface area contributed by atoms with Crippen molar-refractivity contribution in [2.24, 2.45) is 4.99 Å². The van der Waals surface area contributed by atoms with Gasteiger partial charge < -0.3 is 10.2 Å². The Labute approximate surface area is 125 Å². The van der Waals surface area contributed by atoms with Gasteiger partial charge in [0.05, 0.1) is 18.2 Å². The number of anilines is 1. The Morgan fingerprint density at radius 3 is 2.48 bits per heavy atom. The SMILES string of the molecule is CN(C)c1ccc(C(C2=NCCN2)c2ccccn2)cc1. The molecule has 1 atom stereocenters. The molecular formula is C17H20N4. The summed E-state index contributed by atoms with van der Waals surface area (Å²) in [5.74, 6) is 1.11. The predicted octanol–water partition coefficient (Wildman–Crippen LogP) is 2.28. The number of aromatic nitrogens is 1. The second-order valence-corrected chi connectivity index (χ2v) is 5.37. The Balaban J connectivity index is 1.99. The van der Waals surface area contributed by atoms with Crippen LogP contribution < -0.4 is 10.2 Å². The highest BCUT2D eigenvalue weighted by Crippen LogP contribution is 2.26. The van der Waals surface area contributed by atoms with Crippen LogP contribution in [-0.2, 0) is 0 Å². The zero-order chi connectivity index (χ0) is 14.7. The van der Waals surface area contributed by atoms with Gasteiger partial charge in [-0.15, -0.1) is 0 Å². The summed E-state index contributed by atoms with van der Waals surface area (Å²) < 4.78 is 0. The molecule has 1 aliphatic heterocycles. The molecule has 0 saturated carbocycles. The Bertz CT molecular complexity index is 617.